The normalized spacial score (nSPS) is 15.7. The van der Waals surface area contributed by atoms with Crippen molar-refractivity contribution >= 4 is 51.7 Å². The number of amides is 1. The van der Waals surface area contributed by atoms with Crippen molar-refractivity contribution in [1.29, 1.82) is 0 Å². The summed E-state index contributed by atoms with van der Waals surface area (Å²) in [4.78, 5) is 24.1. The largest absolute Gasteiger partial charge is 0.500 e. The minimum atomic E-state index is -4.59. The van der Waals surface area contributed by atoms with E-state index in [1.807, 2.05) is 0 Å². The monoisotopic (exact) mass is 456 g/mol. The Balaban J connectivity index is 2.00. The highest BCUT2D eigenvalue weighted by Gasteiger charge is 2.36. The van der Waals surface area contributed by atoms with Crippen LogP contribution in [0.5, 0.6) is 11.5 Å². The number of hydrogen-bond acceptors (Lipinski definition) is 7. The van der Waals surface area contributed by atoms with Gasteiger partial charge < -0.3 is 9.84 Å². The zero-order valence-electron chi connectivity index (χ0n) is 15.0. The van der Waals surface area contributed by atoms with Crippen molar-refractivity contribution in [3.8, 4) is 11.5 Å². The number of nitrogens with zero attached hydrogens (tertiary/aromatic N) is 2. The van der Waals surface area contributed by atoms with Gasteiger partial charge in [-0.05, 0) is 35.9 Å². The van der Waals surface area contributed by atoms with Gasteiger partial charge in [0.15, 0.2) is 10.1 Å². The standard InChI is InChI=1S/C18H11F3N2O5S2/c1-28-13-6-9(5-12(15(13)24)23(26)27)7-14-16(25)22(17(29)30-14)11-4-2-3-10(8-11)18(19,20)21/h2-8,24H,1H3/b14-7-. The third-order valence-corrected chi connectivity index (χ3v) is 5.32. The molecule has 0 aromatic heterocycles. The number of rotatable bonds is 4. The summed E-state index contributed by atoms with van der Waals surface area (Å²) in [6, 6.07) is 6.47. The van der Waals surface area contributed by atoms with E-state index >= 15 is 0 Å². The first-order valence-electron chi connectivity index (χ1n) is 8.03. The topological polar surface area (TPSA) is 92.9 Å². The van der Waals surface area contributed by atoms with Gasteiger partial charge in [0.05, 0.1) is 28.2 Å². The molecule has 0 saturated carbocycles. The average molecular weight is 456 g/mol. The maximum Gasteiger partial charge on any atom is 0.416 e. The summed E-state index contributed by atoms with van der Waals surface area (Å²) < 4.78 is 43.9. The number of nitro groups is 1. The minimum absolute atomic E-state index is 0.00539. The molecule has 12 heteroatoms. The number of phenols is 1. The molecule has 2 aromatic rings. The number of thiocarbonyl (C=S) groups is 1. The Labute approximate surface area is 176 Å². The van der Waals surface area contributed by atoms with E-state index in [4.69, 9.17) is 17.0 Å². The Bertz CT molecular complexity index is 1100. The van der Waals surface area contributed by atoms with Gasteiger partial charge >= 0.3 is 11.9 Å². The molecule has 0 radical (unpaired) electrons. The number of carbonyl (C=O) groups is 1. The number of thioether (sulfide) groups is 1. The lowest BCUT2D eigenvalue weighted by Gasteiger charge is -2.16. The summed E-state index contributed by atoms with van der Waals surface area (Å²) in [6.45, 7) is 0. The summed E-state index contributed by atoms with van der Waals surface area (Å²) >= 11 is 5.97. The molecule has 0 spiro atoms. The van der Waals surface area contributed by atoms with Gasteiger partial charge in [0.2, 0.25) is 5.75 Å². The van der Waals surface area contributed by atoms with Gasteiger partial charge in [-0.3, -0.25) is 19.8 Å². The Hall–Kier alpha value is -3.12. The van der Waals surface area contributed by atoms with Gasteiger partial charge in [-0.15, -0.1) is 0 Å². The van der Waals surface area contributed by atoms with Gasteiger partial charge in [0.25, 0.3) is 5.91 Å². The van der Waals surface area contributed by atoms with E-state index in [-0.39, 0.29) is 26.2 Å². The molecule has 1 aliphatic heterocycles. The van der Waals surface area contributed by atoms with Gasteiger partial charge in [0, 0.05) is 6.07 Å². The number of nitro benzene ring substituents is 1. The number of carbonyl (C=O) groups excluding carboxylic acids is 1. The van der Waals surface area contributed by atoms with Crippen molar-refractivity contribution in [2.45, 2.75) is 6.18 Å². The van der Waals surface area contributed by atoms with E-state index < -0.39 is 34.0 Å². The molecule has 3 rings (SSSR count). The number of hydrogen-bond donors (Lipinski definition) is 1. The molecular weight excluding hydrogens is 445 g/mol. The van der Waals surface area contributed by atoms with Crippen LogP contribution in [0, 0.1) is 10.1 Å². The first kappa shape index (κ1) is 21.6. The van der Waals surface area contributed by atoms with Crippen LogP contribution < -0.4 is 9.64 Å². The number of benzene rings is 2. The fraction of sp³-hybridized carbons (Fsp3) is 0.111. The molecule has 0 aliphatic carbocycles. The van der Waals surface area contributed by atoms with Crippen LogP contribution in [-0.2, 0) is 11.0 Å². The lowest BCUT2D eigenvalue weighted by atomic mass is 10.1. The fourth-order valence-electron chi connectivity index (χ4n) is 2.65. The van der Waals surface area contributed by atoms with Crippen molar-refractivity contribution in [2.75, 3.05) is 12.0 Å². The maximum absolute atomic E-state index is 13.0. The molecule has 0 atom stereocenters. The first-order chi connectivity index (χ1) is 14.0. The average Bonchev–Trinajstić information content (AvgIpc) is 2.95. The quantitative estimate of drug-likeness (QED) is 0.308. The maximum atomic E-state index is 13.0. The van der Waals surface area contributed by atoms with Gasteiger partial charge in [-0.2, -0.15) is 13.2 Å². The third-order valence-electron chi connectivity index (χ3n) is 4.02. The van der Waals surface area contributed by atoms with E-state index in [9.17, 15) is 33.2 Å². The molecule has 0 unspecified atom stereocenters. The highest BCUT2D eigenvalue weighted by Crippen LogP contribution is 2.41. The number of methoxy groups -OCH3 is 1. The van der Waals surface area contributed by atoms with Crippen LogP contribution in [0.1, 0.15) is 11.1 Å². The summed E-state index contributed by atoms with van der Waals surface area (Å²) in [5.41, 5.74) is -1.45. The van der Waals surface area contributed by atoms with Gasteiger partial charge in [0.1, 0.15) is 0 Å². The second-order valence-corrected chi connectivity index (χ2v) is 7.59. The van der Waals surface area contributed by atoms with Crippen molar-refractivity contribution in [1.82, 2.24) is 0 Å². The van der Waals surface area contributed by atoms with Crippen molar-refractivity contribution < 1.29 is 32.7 Å². The highest BCUT2D eigenvalue weighted by molar-refractivity contribution is 8.27. The van der Waals surface area contributed by atoms with E-state index in [2.05, 4.69) is 0 Å². The zero-order valence-corrected chi connectivity index (χ0v) is 16.6. The van der Waals surface area contributed by atoms with E-state index in [1.54, 1.807) is 0 Å². The number of aromatic hydroxyl groups is 1. The summed E-state index contributed by atoms with van der Waals surface area (Å²) in [7, 11) is 1.20. The number of alkyl halides is 3. The Morgan fingerprint density at radius 2 is 2.00 bits per heavy atom. The molecule has 2 aromatic carbocycles. The lowest BCUT2D eigenvalue weighted by molar-refractivity contribution is -0.386. The van der Waals surface area contributed by atoms with Crippen LogP contribution >= 0.6 is 24.0 Å². The number of ether oxygens (including phenoxy) is 1. The van der Waals surface area contributed by atoms with Crippen LogP contribution in [0.4, 0.5) is 24.5 Å². The van der Waals surface area contributed by atoms with Crippen molar-refractivity contribution in [2.24, 2.45) is 0 Å². The molecule has 1 saturated heterocycles. The Kier molecular flexibility index (Phi) is 5.72. The van der Waals surface area contributed by atoms with E-state index in [0.29, 0.717) is 0 Å². The molecule has 1 N–H and O–H groups in total. The highest BCUT2D eigenvalue weighted by atomic mass is 32.2. The van der Waals surface area contributed by atoms with Crippen molar-refractivity contribution in [3.63, 3.8) is 0 Å². The molecule has 156 valence electrons. The summed E-state index contributed by atoms with van der Waals surface area (Å²) in [6.07, 6.45) is -3.31. The molecule has 0 bridgehead atoms. The zero-order chi connectivity index (χ0) is 22.2. The fourth-order valence-corrected chi connectivity index (χ4v) is 3.95. The Morgan fingerprint density at radius 3 is 2.60 bits per heavy atom. The molecule has 1 fully saturated rings. The van der Waals surface area contributed by atoms with E-state index in [1.165, 1.54) is 25.3 Å². The molecule has 7 nitrogen and oxygen atoms in total. The predicted octanol–water partition coefficient (Wildman–Crippen LogP) is 4.73. The molecule has 1 aliphatic rings. The van der Waals surface area contributed by atoms with Crippen LogP contribution in [-0.4, -0.2) is 27.4 Å². The van der Waals surface area contributed by atoms with Gasteiger partial charge in [-0.1, -0.05) is 30.0 Å². The summed E-state index contributed by atoms with van der Waals surface area (Å²) in [5, 5.41) is 21.0. The number of halogens is 3. The SMILES string of the molecule is COc1cc(/C=C2\SC(=S)N(c3cccc(C(F)(F)F)c3)C2=O)cc([N+](=O)[O-])c1O. The van der Waals surface area contributed by atoms with Crippen molar-refractivity contribution in [3.05, 3.63) is 62.5 Å². The minimum Gasteiger partial charge on any atom is -0.500 e. The molecular formula is C18H11F3N2O5S2. The van der Waals surface area contributed by atoms with Crippen LogP contribution in [0.2, 0.25) is 0 Å². The van der Waals surface area contributed by atoms with Crippen LogP contribution in [0.25, 0.3) is 6.08 Å². The molecule has 1 amide bonds. The number of anilines is 1. The first-order valence-corrected chi connectivity index (χ1v) is 9.26. The second kappa shape index (κ2) is 7.95. The lowest BCUT2D eigenvalue weighted by Crippen LogP contribution is -2.27. The molecule has 1 heterocycles. The summed E-state index contributed by atoms with van der Waals surface area (Å²) in [5.74, 6) is -1.53. The van der Waals surface area contributed by atoms with Crippen LogP contribution in [0.15, 0.2) is 41.3 Å². The van der Waals surface area contributed by atoms with Gasteiger partial charge in [-0.25, -0.2) is 0 Å². The van der Waals surface area contributed by atoms with E-state index in [0.717, 1.165) is 40.9 Å². The predicted molar refractivity (Wildman–Crippen MR) is 108 cm³/mol. The molecule has 30 heavy (non-hydrogen) atoms. The van der Waals surface area contributed by atoms with Crippen LogP contribution in [0.3, 0.4) is 0 Å². The second-order valence-electron chi connectivity index (χ2n) is 5.91. The third kappa shape index (κ3) is 4.09. The Morgan fingerprint density at radius 1 is 1.30 bits per heavy atom. The smallest absolute Gasteiger partial charge is 0.416 e. The number of phenolic OH excluding ortho intramolecular Hbond substituents is 1.